The highest BCUT2D eigenvalue weighted by Gasteiger charge is 2.50. The summed E-state index contributed by atoms with van der Waals surface area (Å²) in [6.45, 7) is 1.87. The van der Waals surface area contributed by atoms with Crippen molar-refractivity contribution in [1.29, 1.82) is 0 Å². The number of fused-ring (bicyclic) bond motifs is 1. The largest absolute Gasteiger partial charge is 0.489 e. The molecule has 1 atom stereocenters. The van der Waals surface area contributed by atoms with Crippen molar-refractivity contribution < 1.29 is 27.1 Å². The van der Waals surface area contributed by atoms with Crippen molar-refractivity contribution in [3.05, 3.63) is 107 Å². The van der Waals surface area contributed by atoms with Gasteiger partial charge in [0.15, 0.2) is 5.65 Å². The first-order chi connectivity index (χ1) is 22.6. The molecule has 0 radical (unpaired) electrons. The van der Waals surface area contributed by atoms with Gasteiger partial charge in [-0.05, 0) is 74.4 Å². The Kier molecular flexibility index (Phi) is 8.01. The summed E-state index contributed by atoms with van der Waals surface area (Å²) in [5.74, 6) is -0.142. The van der Waals surface area contributed by atoms with Crippen LogP contribution in [0.5, 0.6) is 5.75 Å². The van der Waals surface area contributed by atoms with E-state index in [0.717, 1.165) is 29.6 Å². The van der Waals surface area contributed by atoms with E-state index in [9.17, 15) is 22.4 Å². The molecular weight excluding hydrogens is 610 g/mol. The molecule has 1 unspecified atom stereocenters. The summed E-state index contributed by atoms with van der Waals surface area (Å²) in [6.07, 6.45) is 4.06. The minimum atomic E-state index is -4.33. The highest BCUT2D eigenvalue weighted by molar-refractivity contribution is 5.86. The monoisotopic (exact) mass is 645 g/mol. The molecule has 4 aromatic rings. The molecule has 3 aliphatic carbocycles. The maximum Gasteiger partial charge on any atom is 0.390 e. The molecule has 1 amide bonds. The molecular formula is C36H35F4N5O2. The van der Waals surface area contributed by atoms with Crippen LogP contribution < -0.4 is 15.4 Å². The fourth-order valence-corrected chi connectivity index (χ4v) is 6.25. The molecule has 0 aliphatic heterocycles. The minimum absolute atomic E-state index is 0.0160. The third-order valence-corrected chi connectivity index (χ3v) is 9.17. The Morgan fingerprint density at radius 1 is 1.11 bits per heavy atom. The number of hydrogen-bond acceptors (Lipinski definition) is 5. The fraction of sp³-hybridized carbons (Fsp3) is 0.361. The fourth-order valence-electron chi connectivity index (χ4n) is 6.25. The molecule has 0 spiro atoms. The smallest absolute Gasteiger partial charge is 0.390 e. The zero-order valence-corrected chi connectivity index (χ0v) is 25.9. The Balaban J connectivity index is 1.26. The zero-order valence-electron chi connectivity index (χ0n) is 25.9. The molecule has 0 saturated heterocycles. The lowest BCUT2D eigenvalue weighted by atomic mass is 9.88. The number of nitrogens with one attached hydrogen (secondary N) is 2. The average molecular weight is 646 g/mol. The van der Waals surface area contributed by atoms with Crippen LogP contribution in [0.15, 0.2) is 78.5 Å². The normalized spacial score (nSPS) is 18.8. The summed E-state index contributed by atoms with van der Waals surface area (Å²) in [7, 11) is 0. The summed E-state index contributed by atoms with van der Waals surface area (Å²) in [5, 5.41) is 11.0. The average Bonchev–Trinajstić information content (AvgIpc) is 3.98. The Labute approximate surface area is 269 Å². The van der Waals surface area contributed by atoms with E-state index in [-0.39, 0.29) is 31.0 Å². The Morgan fingerprint density at radius 2 is 1.89 bits per heavy atom. The van der Waals surface area contributed by atoms with Gasteiger partial charge in [0.1, 0.15) is 18.2 Å². The number of aromatic nitrogens is 3. The molecule has 2 fully saturated rings. The van der Waals surface area contributed by atoms with Crippen molar-refractivity contribution in [1.82, 2.24) is 19.9 Å². The van der Waals surface area contributed by atoms with Crippen LogP contribution in [0.25, 0.3) is 11.2 Å². The number of alkyl halides is 3. The van der Waals surface area contributed by atoms with Crippen molar-refractivity contribution in [3.63, 3.8) is 0 Å². The second-order valence-electron chi connectivity index (χ2n) is 12.7. The molecule has 3 aliphatic rings. The molecule has 11 heteroatoms. The SMILES string of the molecule is CC1=CC(c2cnc3c(NCCC(F)(F)F)cc(C4(c5cc(F)ccc5OCc5ccccc5)CC4)nn23)=CCC1C(=O)NC1CC1. The number of hydrogen-bond donors (Lipinski definition) is 2. The summed E-state index contributed by atoms with van der Waals surface area (Å²) in [5.41, 5.74) is 4.63. The Morgan fingerprint density at radius 3 is 2.60 bits per heavy atom. The minimum Gasteiger partial charge on any atom is -0.489 e. The Bertz CT molecular complexity index is 1870. The number of halogens is 4. The van der Waals surface area contributed by atoms with Crippen molar-refractivity contribution in [3.8, 4) is 5.75 Å². The van der Waals surface area contributed by atoms with E-state index >= 15 is 0 Å². The zero-order chi connectivity index (χ0) is 32.8. The lowest BCUT2D eigenvalue weighted by Crippen LogP contribution is -2.33. The third kappa shape index (κ3) is 6.61. The van der Waals surface area contributed by atoms with E-state index < -0.39 is 23.8 Å². The molecule has 2 heterocycles. The lowest BCUT2D eigenvalue weighted by molar-refractivity contribution is -0.131. The first-order valence-electron chi connectivity index (χ1n) is 16.0. The van der Waals surface area contributed by atoms with Crippen molar-refractivity contribution in [2.45, 2.75) is 69.7 Å². The van der Waals surface area contributed by atoms with Crippen LogP contribution in [0.1, 0.15) is 68.0 Å². The second kappa shape index (κ2) is 12.2. The van der Waals surface area contributed by atoms with Crippen molar-refractivity contribution in [2.24, 2.45) is 5.92 Å². The molecule has 0 bridgehead atoms. The molecule has 2 aromatic carbocycles. The summed E-state index contributed by atoms with van der Waals surface area (Å²) in [6, 6.07) is 16.1. The van der Waals surface area contributed by atoms with Crippen LogP contribution in [0.4, 0.5) is 23.2 Å². The molecule has 2 N–H and O–H groups in total. The van der Waals surface area contributed by atoms with Crippen molar-refractivity contribution in [2.75, 3.05) is 11.9 Å². The molecule has 47 heavy (non-hydrogen) atoms. The highest BCUT2D eigenvalue weighted by Crippen LogP contribution is 2.56. The van der Waals surface area contributed by atoms with Gasteiger partial charge in [-0.1, -0.05) is 48.1 Å². The number of imidazole rings is 1. The Hall–Kier alpha value is -4.67. The highest BCUT2D eigenvalue weighted by atomic mass is 19.4. The third-order valence-electron chi connectivity index (χ3n) is 9.17. The predicted octanol–water partition coefficient (Wildman–Crippen LogP) is 7.52. The van der Waals surface area contributed by atoms with Gasteiger partial charge in [-0.3, -0.25) is 4.79 Å². The van der Waals surface area contributed by atoms with Crippen LogP contribution in [0.2, 0.25) is 0 Å². The summed E-state index contributed by atoms with van der Waals surface area (Å²) < 4.78 is 62.1. The first-order valence-corrected chi connectivity index (χ1v) is 16.0. The summed E-state index contributed by atoms with van der Waals surface area (Å²) >= 11 is 0. The number of benzene rings is 2. The van der Waals surface area contributed by atoms with E-state index in [1.54, 1.807) is 22.8 Å². The van der Waals surface area contributed by atoms with Gasteiger partial charge < -0.3 is 15.4 Å². The maximum atomic E-state index is 14.8. The number of carbonyl (C=O) groups excluding carboxylic acids is 1. The number of amides is 1. The second-order valence-corrected chi connectivity index (χ2v) is 12.7. The van der Waals surface area contributed by atoms with E-state index in [0.29, 0.717) is 53.3 Å². The summed E-state index contributed by atoms with van der Waals surface area (Å²) in [4.78, 5) is 17.4. The first kappa shape index (κ1) is 31.0. The van der Waals surface area contributed by atoms with Gasteiger partial charge >= 0.3 is 6.18 Å². The van der Waals surface area contributed by atoms with Crippen LogP contribution in [0, 0.1) is 11.7 Å². The predicted molar refractivity (Wildman–Crippen MR) is 170 cm³/mol. The van der Waals surface area contributed by atoms with E-state index in [1.165, 1.54) is 12.1 Å². The number of ether oxygens (including phenoxy) is 1. The lowest BCUT2D eigenvalue weighted by Gasteiger charge is -2.22. The van der Waals surface area contributed by atoms with Gasteiger partial charge in [0.25, 0.3) is 0 Å². The number of nitrogens with zero attached hydrogens (tertiary/aromatic N) is 3. The number of allylic oxidation sites excluding steroid dienone is 3. The molecule has 7 nitrogen and oxygen atoms in total. The standard InChI is InChI=1S/C36H35F4N5O2/c1-22-17-24(7-11-27(22)34(46)43-26-9-10-26)30-20-42-33-29(41-16-15-36(38,39)40)19-32(44-45(30)33)35(13-14-35)28-18-25(37)8-12-31(28)47-21-23-5-3-2-4-6-23/h2-8,12,17-20,26-27,41H,9-11,13-16,21H2,1H3,(H,43,46). The number of carbonyl (C=O) groups is 1. The van der Waals surface area contributed by atoms with Gasteiger partial charge in [0, 0.05) is 23.6 Å². The van der Waals surface area contributed by atoms with E-state index in [2.05, 4.69) is 15.6 Å². The molecule has 2 aromatic heterocycles. The maximum absolute atomic E-state index is 14.8. The van der Waals surface area contributed by atoms with E-state index in [4.69, 9.17) is 9.84 Å². The van der Waals surface area contributed by atoms with Gasteiger partial charge in [0.05, 0.1) is 35.6 Å². The van der Waals surface area contributed by atoms with Gasteiger partial charge in [-0.15, -0.1) is 0 Å². The van der Waals surface area contributed by atoms with Gasteiger partial charge in [0.2, 0.25) is 5.91 Å². The van der Waals surface area contributed by atoms with E-state index in [1.807, 2.05) is 49.4 Å². The molecule has 7 rings (SSSR count). The topological polar surface area (TPSA) is 80.6 Å². The molecule has 244 valence electrons. The van der Waals surface area contributed by atoms with Crippen LogP contribution in [0.3, 0.4) is 0 Å². The molecule has 2 saturated carbocycles. The number of anilines is 1. The van der Waals surface area contributed by atoms with Gasteiger partial charge in [-0.2, -0.15) is 18.3 Å². The van der Waals surface area contributed by atoms with Gasteiger partial charge in [-0.25, -0.2) is 13.9 Å². The number of rotatable bonds is 11. The van der Waals surface area contributed by atoms with Crippen molar-refractivity contribution >= 4 is 22.8 Å². The van der Waals surface area contributed by atoms with Crippen LogP contribution in [-0.4, -0.2) is 39.3 Å². The quantitative estimate of drug-likeness (QED) is 0.165. The van der Waals surface area contributed by atoms with Crippen LogP contribution >= 0.6 is 0 Å². The van der Waals surface area contributed by atoms with Crippen LogP contribution in [-0.2, 0) is 16.8 Å².